The van der Waals surface area contributed by atoms with Crippen molar-refractivity contribution in [3.63, 3.8) is 0 Å². The van der Waals surface area contributed by atoms with Crippen molar-refractivity contribution >= 4 is 39.1 Å². The Balaban J connectivity index is 1.82. The van der Waals surface area contributed by atoms with Crippen molar-refractivity contribution < 1.29 is 4.79 Å². The second-order valence-corrected chi connectivity index (χ2v) is 9.83. The Morgan fingerprint density at radius 1 is 1.21 bits per heavy atom. The van der Waals surface area contributed by atoms with Crippen LogP contribution in [-0.2, 0) is 17.8 Å². The van der Waals surface area contributed by atoms with Crippen molar-refractivity contribution in [2.45, 2.75) is 63.4 Å². The van der Waals surface area contributed by atoms with Gasteiger partial charge in [-0.15, -0.1) is 11.3 Å². The first-order valence-corrected chi connectivity index (χ1v) is 11.4. The minimum absolute atomic E-state index is 0.0332. The summed E-state index contributed by atoms with van der Waals surface area (Å²) in [6, 6.07) is 8.27. The second kappa shape index (κ2) is 7.84. The van der Waals surface area contributed by atoms with Gasteiger partial charge in [0.15, 0.2) is 5.16 Å². The molecule has 1 aromatic carbocycles. The molecule has 2 heterocycles. The Kier molecular flexibility index (Phi) is 5.43. The van der Waals surface area contributed by atoms with Crippen LogP contribution in [0.15, 0.2) is 34.2 Å². The van der Waals surface area contributed by atoms with Gasteiger partial charge in [-0.05, 0) is 37.8 Å². The van der Waals surface area contributed by atoms with Crippen LogP contribution in [0.3, 0.4) is 0 Å². The number of hydrogen-bond acceptors (Lipinski definition) is 5. The SMILES string of the molecule is CCc1sc2nc(S[C@H]3CCC(=O)C3)n(Cc3ccc(C)cc3)c(=O)c2c1C. The molecule has 4 rings (SSSR count). The lowest BCUT2D eigenvalue weighted by Gasteiger charge is -2.15. The molecule has 0 unspecified atom stereocenters. The highest BCUT2D eigenvalue weighted by molar-refractivity contribution is 7.99. The topological polar surface area (TPSA) is 52.0 Å². The molecule has 28 heavy (non-hydrogen) atoms. The van der Waals surface area contributed by atoms with Crippen molar-refractivity contribution in [2.75, 3.05) is 0 Å². The summed E-state index contributed by atoms with van der Waals surface area (Å²) in [6.45, 7) is 6.70. The molecule has 3 aromatic rings. The molecule has 1 saturated carbocycles. The predicted molar refractivity (Wildman–Crippen MR) is 117 cm³/mol. The lowest BCUT2D eigenvalue weighted by molar-refractivity contribution is -0.117. The molecule has 0 amide bonds. The average Bonchev–Trinajstić information content (AvgIpc) is 3.22. The first kappa shape index (κ1) is 19.4. The van der Waals surface area contributed by atoms with E-state index in [4.69, 9.17) is 4.98 Å². The van der Waals surface area contributed by atoms with Crippen molar-refractivity contribution in [2.24, 2.45) is 0 Å². The van der Waals surface area contributed by atoms with Gasteiger partial charge in [-0.1, -0.05) is 48.5 Å². The number of carbonyl (C=O) groups excluding carboxylic acids is 1. The van der Waals surface area contributed by atoms with Crippen LogP contribution in [0.1, 0.15) is 47.8 Å². The normalized spacial score (nSPS) is 17.0. The minimum atomic E-state index is 0.0332. The van der Waals surface area contributed by atoms with E-state index < -0.39 is 0 Å². The van der Waals surface area contributed by atoms with Crippen LogP contribution in [0.4, 0.5) is 0 Å². The molecule has 1 fully saturated rings. The molecule has 0 N–H and O–H groups in total. The maximum Gasteiger partial charge on any atom is 0.263 e. The Morgan fingerprint density at radius 3 is 2.61 bits per heavy atom. The number of fused-ring (bicyclic) bond motifs is 1. The summed E-state index contributed by atoms with van der Waals surface area (Å²) in [5.74, 6) is 0.311. The molecule has 6 heteroatoms. The number of aromatic nitrogens is 2. The quantitative estimate of drug-likeness (QED) is 0.559. The number of ketones is 1. The molecule has 0 radical (unpaired) electrons. The van der Waals surface area contributed by atoms with Crippen LogP contribution in [0, 0.1) is 13.8 Å². The summed E-state index contributed by atoms with van der Waals surface area (Å²) in [6.07, 6.45) is 2.99. The van der Waals surface area contributed by atoms with Crippen molar-refractivity contribution in [3.8, 4) is 0 Å². The van der Waals surface area contributed by atoms with Crippen molar-refractivity contribution in [1.29, 1.82) is 0 Å². The van der Waals surface area contributed by atoms with Gasteiger partial charge in [-0.3, -0.25) is 14.2 Å². The van der Waals surface area contributed by atoms with E-state index in [1.54, 1.807) is 27.7 Å². The number of benzene rings is 1. The van der Waals surface area contributed by atoms with Crippen LogP contribution in [0.5, 0.6) is 0 Å². The number of rotatable bonds is 5. The lowest BCUT2D eigenvalue weighted by Crippen LogP contribution is -2.24. The molecule has 0 bridgehead atoms. The van der Waals surface area contributed by atoms with Gasteiger partial charge in [-0.25, -0.2) is 4.98 Å². The summed E-state index contributed by atoms with van der Waals surface area (Å²) < 4.78 is 1.81. The Hall–Kier alpha value is -1.92. The zero-order valence-corrected chi connectivity index (χ0v) is 18.1. The van der Waals surface area contributed by atoms with Crippen LogP contribution in [-0.4, -0.2) is 20.6 Å². The maximum absolute atomic E-state index is 13.5. The summed E-state index contributed by atoms with van der Waals surface area (Å²) in [5, 5.41) is 1.70. The molecule has 2 aromatic heterocycles. The molecule has 1 aliphatic carbocycles. The van der Waals surface area contributed by atoms with Gasteiger partial charge in [0, 0.05) is 23.0 Å². The van der Waals surface area contributed by atoms with Gasteiger partial charge in [0.05, 0.1) is 11.9 Å². The summed E-state index contributed by atoms with van der Waals surface area (Å²) in [7, 11) is 0. The monoisotopic (exact) mass is 412 g/mol. The van der Waals surface area contributed by atoms with Crippen molar-refractivity contribution in [3.05, 3.63) is 56.2 Å². The molecule has 0 saturated heterocycles. The molecule has 1 aliphatic rings. The maximum atomic E-state index is 13.5. The number of hydrogen-bond donors (Lipinski definition) is 0. The summed E-state index contributed by atoms with van der Waals surface area (Å²) in [4.78, 5) is 32.1. The third-order valence-corrected chi connectivity index (χ3v) is 7.96. The van der Waals surface area contributed by atoms with Crippen molar-refractivity contribution in [1.82, 2.24) is 9.55 Å². The standard InChI is InChI=1S/C22H24N2O2S2/c1-4-18-14(3)19-20(28-18)23-22(27-17-10-9-16(25)11-17)24(21(19)26)12-15-7-5-13(2)6-8-15/h5-8,17H,4,9-12H2,1-3H3/t17-/m0/s1. The molecule has 4 nitrogen and oxygen atoms in total. The van der Waals surface area contributed by atoms with Crippen LogP contribution >= 0.6 is 23.1 Å². The van der Waals surface area contributed by atoms with E-state index in [1.165, 1.54) is 10.4 Å². The average molecular weight is 413 g/mol. The minimum Gasteiger partial charge on any atom is -0.300 e. The van der Waals surface area contributed by atoms with Gasteiger partial charge in [0.2, 0.25) is 0 Å². The number of thiophene rings is 1. The Labute approximate surface area is 173 Å². The second-order valence-electron chi connectivity index (χ2n) is 7.48. The summed E-state index contributed by atoms with van der Waals surface area (Å²) in [5.41, 5.74) is 3.38. The molecule has 0 spiro atoms. The number of Topliss-reactive ketones (excluding diaryl/α,β-unsaturated/α-hetero) is 1. The van der Waals surface area contributed by atoms with Gasteiger partial charge in [0.1, 0.15) is 10.6 Å². The number of carbonyl (C=O) groups is 1. The van der Waals surface area contributed by atoms with E-state index in [0.29, 0.717) is 25.2 Å². The van der Waals surface area contributed by atoms with Gasteiger partial charge in [0.25, 0.3) is 5.56 Å². The third kappa shape index (κ3) is 3.67. The largest absolute Gasteiger partial charge is 0.300 e. The molecule has 1 atom stereocenters. The highest BCUT2D eigenvalue weighted by Crippen LogP contribution is 2.35. The highest BCUT2D eigenvalue weighted by atomic mass is 32.2. The zero-order chi connectivity index (χ0) is 19.8. The Morgan fingerprint density at radius 2 is 1.96 bits per heavy atom. The number of thioether (sulfide) groups is 1. The Bertz CT molecular complexity index is 1100. The molecular formula is C22H24N2O2S2. The zero-order valence-electron chi connectivity index (χ0n) is 16.4. The van der Waals surface area contributed by atoms with E-state index >= 15 is 0 Å². The fraction of sp³-hybridized carbons (Fsp3) is 0.409. The number of nitrogens with zero attached hydrogens (tertiary/aromatic N) is 2. The van der Waals surface area contributed by atoms with E-state index in [2.05, 4.69) is 38.1 Å². The highest BCUT2D eigenvalue weighted by Gasteiger charge is 2.26. The van der Waals surface area contributed by atoms with Crippen LogP contribution in [0.2, 0.25) is 0 Å². The van der Waals surface area contributed by atoms with Crippen LogP contribution in [0.25, 0.3) is 10.2 Å². The van der Waals surface area contributed by atoms with E-state index in [-0.39, 0.29) is 10.8 Å². The number of aryl methyl sites for hydroxylation is 3. The molecular weight excluding hydrogens is 388 g/mol. The fourth-order valence-electron chi connectivity index (χ4n) is 3.72. The van der Waals surface area contributed by atoms with Gasteiger partial charge < -0.3 is 0 Å². The first-order valence-electron chi connectivity index (χ1n) is 9.73. The first-order chi connectivity index (χ1) is 13.5. The van der Waals surface area contributed by atoms with E-state index in [1.807, 2.05) is 6.92 Å². The van der Waals surface area contributed by atoms with Gasteiger partial charge >= 0.3 is 0 Å². The predicted octanol–water partition coefficient (Wildman–Crippen LogP) is 4.90. The fourth-order valence-corrected chi connectivity index (χ4v) is 6.10. The van der Waals surface area contributed by atoms with E-state index in [0.717, 1.165) is 39.3 Å². The third-order valence-electron chi connectivity index (χ3n) is 5.37. The smallest absolute Gasteiger partial charge is 0.263 e. The molecule has 0 aliphatic heterocycles. The van der Waals surface area contributed by atoms with Gasteiger partial charge in [-0.2, -0.15) is 0 Å². The van der Waals surface area contributed by atoms with Crippen LogP contribution < -0.4 is 5.56 Å². The summed E-state index contributed by atoms with van der Waals surface area (Å²) >= 11 is 3.22. The van der Waals surface area contributed by atoms with E-state index in [9.17, 15) is 9.59 Å². The lowest BCUT2D eigenvalue weighted by atomic mass is 10.1. The molecule has 146 valence electrons.